The molecule has 0 aliphatic rings. The van der Waals surface area contributed by atoms with Crippen molar-refractivity contribution in [2.24, 2.45) is 0 Å². The summed E-state index contributed by atoms with van der Waals surface area (Å²) in [5.74, 6) is 1.40. The lowest BCUT2D eigenvalue weighted by Gasteiger charge is -2.09. The van der Waals surface area contributed by atoms with Gasteiger partial charge in [-0.2, -0.15) is 0 Å². The van der Waals surface area contributed by atoms with E-state index in [-0.39, 0.29) is 0 Å². The van der Waals surface area contributed by atoms with Crippen molar-refractivity contribution in [2.45, 2.75) is 46.2 Å². The van der Waals surface area contributed by atoms with Crippen LogP contribution in [0.25, 0.3) is 11.0 Å². The van der Waals surface area contributed by atoms with Crippen LogP contribution in [0.5, 0.6) is 0 Å². The highest BCUT2D eigenvalue weighted by Gasteiger charge is 2.19. The van der Waals surface area contributed by atoms with Crippen LogP contribution < -0.4 is 5.32 Å². The fraction of sp³-hybridized carbons (Fsp3) is 0.467. The summed E-state index contributed by atoms with van der Waals surface area (Å²) in [5, 5.41) is 5.24. The molecule has 0 bridgehead atoms. The van der Waals surface area contributed by atoms with Crippen molar-refractivity contribution in [1.29, 1.82) is 0 Å². The van der Waals surface area contributed by atoms with Crippen molar-refractivity contribution in [2.75, 3.05) is 0 Å². The van der Waals surface area contributed by atoms with Gasteiger partial charge >= 0.3 is 0 Å². The zero-order valence-electron chi connectivity index (χ0n) is 11.7. The molecule has 1 N–H and O–H groups in total. The second-order valence-corrected chi connectivity index (χ2v) is 6.68. The number of halogens is 2. The van der Waals surface area contributed by atoms with E-state index in [1.54, 1.807) is 0 Å². The lowest BCUT2D eigenvalue weighted by Crippen LogP contribution is -2.22. The Labute approximate surface area is 127 Å². The second kappa shape index (κ2) is 5.86. The molecule has 0 fully saturated rings. The Kier molecular flexibility index (Phi) is 4.59. The zero-order chi connectivity index (χ0) is 14.2. The molecule has 0 aliphatic carbocycles. The van der Waals surface area contributed by atoms with Crippen molar-refractivity contribution in [3.8, 4) is 0 Å². The van der Waals surface area contributed by atoms with E-state index in [2.05, 4.69) is 48.9 Å². The molecule has 2 rings (SSSR count). The predicted molar refractivity (Wildman–Crippen MR) is 85.0 cm³/mol. The maximum atomic E-state index is 6.15. The van der Waals surface area contributed by atoms with Gasteiger partial charge in [0.05, 0.1) is 11.0 Å². The minimum absolute atomic E-state index is 0.399. The molecular weight excluding hydrogens is 326 g/mol. The number of rotatable bonds is 4. The van der Waals surface area contributed by atoms with Gasteiger partial charge in [-0.15, -0.1) is 0 Å². The zero-order valence-corrected chi connectivity index (χ0v) is 14.0. The van der Waals surface area contributed by atoms with Gasteiger partial charge in [0, 0.05) is 22.0 Å². The third-order valence-electron chi connectivity index (χ3n) is 3.07. The molecule has 0 unspecified atom stereocenters. The number of fused-ring (bicyclic) bond motifs is 1. The van der Waals surface area contributed by atoms with Gasteiger partial charge in [-0.3, -0.25) is 0 Å². The standard InChI is InChI=1S/C15H19BrClNO/c1-8(2)14-11-5-10(17)6-12(16)15(11)19-13(14)7-18-9(3)4/h5-6,8-9,18H,7H2,1-4H3. The molecule has 0 radical (unpaired) electrons. The van der Waals surface area contributed by atoms with Crippen LogP contribution in [0.1, 0.15) is 44.9 Å². The first kappa shape index (κ1) is 14.9. The molecule has 1 heterocycles. The smallest absolute Gasteiger partial charge is 0.148 e. The molecule has 2 aromatic rings. The Bertz CT molecular complexity index is 589. The Balaban J connectivity index is 2.57. The summed E-state index contributed by atoms with van der Waals surface area (Å²) >= 11 is 9.68. The van der Waals surface area contributed by atoms with Gasteiger partial charge in [0.15, 0.2) is 0 Å². The van der Waals surface area contributed by atoms with Gasteiger partial charge in [0.25, 0.3) is 0 Å². The van der Waals surface area contributed by atoms with Crippen LogP contribution in [-0.4, -0.2) is 6.04 Å². The molecule has 104 valence electrons. The summed E-state index contributed by atoms with van der Waals surface area (Å²) in [4.78, 5) is 0. The highest BCUT2D eigenvalue weighted by atomic mass is 79.9. The highest BCUT2D eigenvalue weighted by molar-refractivity contribution is 9.10. The molecular formula is C15H19BrClNO. The van der Waals surface area contributed by atoms with Crippen molar-refractivity contribution in [3.05, 3.63) is 33.0 Å². The van der Waals surface area contributed by atoms with Crippen molar-refractivity contribution in [1.82, 2.24) is 5.32 Å². The fourth-order valence-electron chi connectivity index (χ4n) is 2.25. The summed E-state index contributed by atoms with van der Waals surface area (Å²) in [7, 11) is 0. The Morgan fingerprint density at radius 1 is 1.26 bits per heavy atom. The first-order chi connectivity index (χ1) is 8.90. The lowest BCUT2D eigenvalue weighted by molar-refractivity contribution is 0.480. The first-order valence-electron chi connectivity index (χ1n) is 6.53. The van der Waals surface area contributed by atoms with Gasteiger partial charge in [0.1, 0.15) is 11.3 Å². The molecule has 2 nitrogen and oxygen atoms in total. The van der Waals surface area contributed by atoms with Crippen LogP contribution in [-0.2, 0) is 6.54 Å². The van der Waals surface area contributed by atoms with Crippen LogP contribution in [0, 0.1) is 0 Å². The third kappa shape index (κ3) is 3.15. The summed E-state index contributed by atoms with van der Waals surface area (Å²) in [5.41, 5.74) is 2.13. The number of hydrogen-bond donors (Lipinski definition) is 1. The molecule has 1 aromatic heterocycles. The summed E-state index contributed by atoms with van der Waals surface area (Å²) in [6.07, 6.45) is 0. The summed E-state index contributed by atoms with van der Waals surface area (Å²) in [6.45, 7) is 9.36. The van der Waals surface area contributed by atoms with E-state index in [9.17, 15) is 0 Å². The van der Waals surface area contributed by atoms with Gasteiger partial charge in [0.2, 0.25) is 0 Å². The van der Waals surface area contributed by atoms with Gasteiger partial charge in [-0.1, -0.05) is 39.3 Å². The van der Waals surface area contributed by atoms with E-state index in [4.69, 9.17) is 16.0 Å². The summed E-state index contributed by atoms with van der Waals surface area (Å²) < 4.78 is 6.94. The maximum Gasteiger partial charge on any atom is 0.148 e. The van der Waals surface area contributed by atoms with Gasteiger partial charge in [-0.25, -0.2) is 0 Å². The minimum atomic E-state index is 0.399. The van der Waals surface area contributed by atoms with Crippen LogP contribution in [0.3, 0.4) is 0 Å². The van der Waals surface area contributed by atoms with E-state index in [0.717, 1.165) is 32.8 Å². The van der Waals surface area contributed by atoms with Gasteiger partial charge in [-0.05, 0) is 34.0 Å². The molecule has 0 saturated heterocycles. The number of benzene rings is 1. The first-order valence-corrected chi connectivity index (χ1v) is 7.71. The normalized spacial score (nSPS) is 12.0. The molecule has 0 saturated carbocycles. The van der Waals surface area contributed by atoms with Crippen LogP contribution in [0.4, 0.5) is 0 Å². The van der Waals surface area contributed by atoms with Crippen LogP contribution >= 0.6 is 27.5 Å². The Morgan fingerprint density at radius 2 is 1.95 bits per heavy atom. The van der Waals surface area contributed by atoms with Crippen molar-refractivity contribution >= 4 is 38.5 Å². The Hall–Kier alpha value is -0.510. The monoisotopic (exact) mass is 343 g/mol. The molecule has 4 heteroatoms. The molecule has 0 spiro atoms. The number of furan rings is 1. The van der Waals surface area contributed by atoms with E-state index in [1.807, 2.05) is 12.1 Å². The number of nitrogens with one attached hydrogen (secondary N) is 1. The van der Waals surface area contributed by atoms with Crippen LogP contribution in [0.2, 0.25) is 5.02 Å². The molecule has 0 atom stereocenters. The second-order valence-electron chi connectivity index (χ2n) is 5.39. The number of hydrogen-bond acceptors (Lipinski definition) is 2. The lowest BCUT2D eigenvalue weighted by atomic mass is 9.99. The van der Waals surface area contributed by atoms with E-state index < -0.39 is 0 Å². The summed E-state index contributed by atoms with van der Waals surface area (Å²) in [6, 6.07) is 4.29. The van der Waals surface area contributed by atoms with Crippen LogP contribution in [0.15, 0.2) is 21.0 Å². The van der Waals surface area contributed by atoms with E-state index >= 15 is 0 Å². The average molecular weight is 345 g/mol. The van der Waals surface area contributed by atoms with Crippen molar-refractivity contribution < 1.29 is 4.42 Å². The maximum absolute atomic E-state index is 6.15. The molecule has 1 aromatic carbocycles. The average Bonchev–Trinajstić information content (AvgIpc) is 2.64. The fourth-order valence-corrected chi connectivity index (χ4v) is 3.14. The third-order valence-corrected chi connectivity index (χ3v) is 3.88. The molecule has 0 amide bonds. The van der Waals surface area contributed by atoms with E-state index in [0.29, 0.717) is 12.0 Å². The quantitative estimate of drug-likeness (QED) is 0.795. The predicted octanol–water partition coefficient (Wildman–Crippen LogP) is 5.47. The van der Waals surface area contributed by atoms with Gasteiger partial charge < -0.3 is 9.73 Å². The minimum Gasteiger partial charge on any atom is -0.458 e. The largest absolute Gasteiger partial charge is 0.458 e. The SMILES string of the molecule is CC(C)NCc1oc2c(Br)cc(Cl)cc2c1C(C)C. The Morgan fingerprint density at radius 3 is 2.53 bits per heavy atom. The molecule has 0 aliphatic heterocycles. The van der Waals surface area contributed by atoms with E-state index in [1.165, 1.54) is 5.56 Å². The van der Waals surface area contributed by atoms with Crippen molar-refractivity contribution in [3.63, 3.8) is 0 Å². The molecule has 19 heavy (non-hydrogen) atoms. The topological polar surface area (TPSA) is 25.2 Å². The highest BCUT2D eigenvalue weighted by Crippen LogP contribution is 2.37.